The number of carbonyl (C=O) groups is 1. The summed E-state index contributed by atoms with van der Waals surface area (Å²) in [7, 11) is 0. The van der Waals surface area contributed by atoms with E-state index in [9.17, 15) is 28.1 Å². The molecular weight excluding hydrogens is 433 g/mol. The monoisotopic (exact) mass is 454 g/mol. The maximum atomic E-state index is 12.7. The Morgan fingerprint density at radius 2 is 1.88 bits per heavy atom. The smallest absolute Gasteiger partial charge is 0.416 e. The van der Waals surface area contributed by atoms with Crippen LogP contribution in [0.5, 0.6) is 5.88 Å². The van der Waals surface area contributed by atoms with Gasteiger partial charge in [0.25, 0.3) is 5.88 Å². The van der Waals surface area contributed by atoms with E-state index < -0.39 is 22.4 Å². The van der Waals surface area contributed by atoms with Crippen LogP contribution in [-0.4, -0.2) is 40.6 Å². The van der Waals surface area contributed by atoms with Crippen molar-refractivity contribution >= 4 is 17.5 Å². The molecule has 1 saturated heterocycles. The summed E-state index contributed by atoms with van der Waals surface area (Å²) in [5.41, 5.74) is -0.848. The van der Waals surface area contributed by atoms with Crippen LogP contribution in [0.3, 0.4) is 0 Å². The minimum absolute atomic E-state index is 0.0646. The van der Waals surface area contributed by atoms with Crippen molar-refractivity contribution in [2.24, 2.45) is 5.92 Å². The number of benzene rings is 1. The Morgan fingerprint density at radius 3 is 2.44 bits per heavy atom. The fourth-order valence-electron chi connectivity index (χ4n) is 3.38. The van der Waals surface area contributed by atoms with E-state index in [4.69, 9.17) is 9.47 Å². The highest BCUT2D eigenvalue weighted by atomic mass is 19.4. The third-order valence-electron chi connectivity index (χ3n) is 5.02. The Hall–Kier alpha value is -3.44. The molecule has 172 valence electrons. The molecule has 0 spiro atoms. The molecule has 3 rings (SSSR count). The normalized spacial score (nSPS) is 14.8. The first kappa shape index (κ1) is 23.2. The summed E-state index contributed by atoms with van der Waals surface area (Å²) < 4.78 is 48.5. The Kier molecular flexibility index (Phi) is 7.11. The van der Waals surface area contributed by atoms with Crippen molar-refractivity contribution in [3.05, 3.63) is 51.8 Å². The van der Waals surface area contributed by atoms with Crippen molar-refractivity contribution in [1.82, 2.24) is 9.97 Å². The molecule has 0 atom stereocenters. The molecule has 9 nitrogen and oxygen atoms in total. The predicted molar refractivity (Wildman–Crippen MR) is 106 cm³/mol. The molecule has 0 saturated carbocycles. The highest BCUT2D eigenvalue weighted by molar-refractivity contribution is 5.73. The molecule has 1 aliphatic rings. The number of ether oxygens (including phenoxy) is 2. The van der Waals surface area contributed by atoms with Gasteiger partial charge in [0.05, 0.1) is 23.0 Å². The number of rotatable bonds is 7. The molecule has 12 heteroatoms. The maximum Gasteiger partial charge on any atom is 0.416 e. The van der Waals surface area contributed by atoms with Gasteiger partial charge in [-0.1, -0.05) is 12.1 Å². The van der Waals surface area contributed by atoms with Crippen molar-refractivity contribution in [3.8, 4) is 5.88 Å². The standard InChI is InChI=1S/C20H21F3N4O5/c1-2-31-19(28)14-7-9-26(10-8-14)17-16(27(29)30)18(25-12-24-17)32-11-13-3-5-15(6-4-13)20(21,22)23/h3-6,12,14H,2,7-11H2,1H3. The van der Waals surface area contributed by atoms with E-state index in [1.165, 1.54) is 12.1 Å². The fourth-order valence-corrected chi connectivity index (χ4v) is 3.38. The zero-order valence-electron chi connectivity index (χ0n) is 17.2. The molecule has 0 amide bonds. The van der Waals surface area contributed by atoms with Crippen LogP contribution in [0, 0.1) is 16.0 Å². The third-order valence-corrected chi connectivity index (χ3v) is 5.02. The van der Waals surface area contributed by atoms with Gasteiger partial charge in [-0.05, 0) is 37.5 Å². The van der Waals surface area contributed by atoms with Gasteiger partial charge in [0.2, 0.25) is 5.82 Å². The topological polar surface area (TPSA) is 108 Å². The lowest BCUT2D eigenvalue weighted by Gasteiger charge is -2.31. The van der Waals surface area contributed by atoms with Crippen molar-refractivity contribution in [2.75, 3.05) is 24.6 Å². The number of hydrogen-bond acceptors (Lipinski definition) is 8. The van der Waals surface area contributed by atoms with Crippen LogP contribution >= 0.6 is 0 Å². The van der Waals surface area contributed by atoms with Crippen molar-refractivity contribution in [2.45, 2.75) is 32.5 Å². The second-order valence-electron chi connectivity index (χ2n) is 7.10. The molecule has 1 aliphatic heterocycles. The van der Waals surface area contributed by atoms with Crippen molar-refractivity contribution in [3.63, 3.8) is 0 Å². The second kappa shape index (κ2) is 9.79. The number of nitro groups is 1. The van der Waals surface area contributed by atoms with Gasteiger partial charge < -0.3 is 14.4 Å². The van der Waals surface area contributed by atoms with E-state index in [1.54, 1.807) is 11.8 Å². The lowest BCUT2D eigenvalue weighted by atomic mass is 9.97. The van der Waals surface area contributed by atoms with Crippen LogP contribution in [-0.2, 0) is 22.3 Å². The van der Waals surface area contributed by atoms with E-state index in [1.807, 2.05) is 0 Å². The van der Waals surface area contributed by atoms with Gasteiger partial charge in [0, 0.05) is 13.1 Å². The summed E-state index contributed by atoms with van der Waals surface area (Å²) >= 11 is 0. The van der Waals surface area contributed by atoms with Crippen LogP contribution < -0.4 is 9.64 Å². The highest BCUT2D eigenvalue weighted by Crippen LogP contribution is 2.36. The van der Waals surface area contributed by atoms with E-state index in [0.29, 0.717) is 31.5 Å². The molecule has 1 fully saturated rings. The lowest BCUT2D eigenvalue weighted by molar-refractivity contribution is -0.385. The molecule has 2 aromatic rings. The number of alkyl halides is 3. The maximum absolute atomic E-state index is 12.7. The van der Waals surface area contributed by atoms with Crippen molar-refractivity contribution < 1.29 is 32.4 Å². The zero-order valence-corrected chi connectivity index (χ0v) is 17.2. The fraction of sp³-hybridized carbons (Fsp3) is 0.450. The van der Waals surface area contributed by atoms with Gasteiger partial charge in [-0.25, -0.2) is 4.98 Å². The molecule has 0 radical (unpaired) electrons. The van der Waals surface area contributed by atoms with E-state index in [2.05, 4.69) is 9.97 Å². The number of esters is 1. The quantitative estimate of drug-likeness (QED) is 0.354. The van der Waals surface area contributed by atoms with Crippen molar-refractivity contribution in [1.29, 1.82) is 0 Å². The predicted octanol–water partition coefficient (Wildman–Crippen LogP) is 3.76. The first-order valence-electron chi connectivity index (χ1n) is 9.90. The summed E-state index contributed by atoms with van der Waals surface area (Å²) in [6.45, 7) is 2.53. The molecule has 32 heavy (non-hydrogen) atoms. The number of piperidine rings is 1. The average Bonchev–Trinajstić information content (AvgIpc) is 2.77. The highest BCUT2D eigenvalue weighted by Gasteiger charge is 2.33. The molecule has 0 aliphatic carbocycles. The van der Waals surface area contributed by atoms with E-state index in [-0.39, 0.29) is 36.8 Å². The summed E-state index contributed by atoms with van der Waals surface area (Å²) in [6.07, 6.45) is -2.41. The number of carbonyl (C=O) groups excluding carboxylic acids is 1. The van der Waals surface area contributed by atoms with Gasteiger partial charge in [0.15, 0.2) is 0 Å². The number of halogens is 3. The Morgan fingerprint density at radius 1 is 1.22 bits per heavy atom. The minimum Gasteiger partial charge on any atom is -0.468 e. The van der Waals surface area contributed by atoms with Gasteiger partial charge >= 0.3 is 17.8 Å². The average molecular weight is 454 g/mol. The van der Waals surface area contributed by atoms with Gasteiger partial charge in [-0.3, -0.25) is 14.9 Å². The summed E-state index contributed by atoms with van der Waals surface area (Å²) in [5.74, 6) is -0.783. The first-order valence-corrected chi connectivity index (χ1v) is 9.90. The van der Waals surface area contributed by atoms with Crippen LogP contribution in [0.1, 0.15) is 30.9 Å². The summed E-state index contributed by atoms with van der Waals surface area (Å²) in [4.78, 5) is 32.5. The minimum atomic E-state index is -4.46. The molecule has 2 heterocycles. The van der Waals surface area contributed by atoms with Crippen LogP contribution in [0.15, 0.2) is 30.6 Å². The van der Waals surface area contributed by atoms with Crippen LogP contribution in [0.2, 0.25) is 0 Å². The summed E-state index contributed by atoms with van der Waals surface area (Å²) in [6, 6.07) is 4.28. The first-order chi connectivity index (χ1) is 15.2. The Balaban J connectivity index is 1.73. The molecule has 1 aromatic carbocycles. The Bertz CT molecular complexity index is 961. The number of hydrogen-bond donors (Lipinski definition) is 0. The second-order valence-corrected chi connectivity index (χ2v) is 7.10. The van der Waals surface area contributed by atoms with E-state index in [0.717, 1.165) is 18.5 Å². The number of nitrogens with zero attached hydrogens (tertiary/aromatic N) is 4. The molecule has 0 N–H and O–H groups in total. The largest absolute Gasteiger partial charge is 0.468 e. The third kappa shape index (κ3) is 5.42. The molecule has 0 unspecified atom stereocenters. The van der Waals surface area contributed by atoms with Crippen LogP contribution in [0.4, 0.5) is 24.7 Å². The van der Waals surface area contributed by atoms with E-state index >= 15 is 0 Å². The molecule has 0 bridgehead atoms. The van der Waals surface area contributed by atoms with Gasteiger partial charge in [-0.15, -0.1) is 0 Å². The number of anilines is 1. The lowest BCUT2D eigenvalue weighted by Crippen LogP contribution is -2.37. The molecular formula is C20H21F3N4O5. The SMILES string of the molecule is CCOC(=O)C1CCN(c2ncnc(OCc3ccc(C(F)(F)F)cc3)c2[N+](=O)[O-])CC1. The zero-order chi connectivity index (χ0) is 23.3. The Labute approximate surface area is 181 Å². The van der Waals surface area contributed by atoms with Gasteiger partial charge in [0.1, 0.15) is 12.9 Å². The van der Waals surface area contributed by atoms with Gasteiger partial charge in [-0.2, -0.15) is 18.2 Å². The van der Waals surface area contributed by atoms with Crippen LogP contribution in [0.25, 0.3) is 0 Å². The molecule has 1 aromatic heterocycles. The number of aromatic nitrogens is 2. The summed E-state index contributed by atoms with van der Waals surface area (Å²) in [5, 5.41) is 11.7.